The molecule has 1 saturated heterocycles. The zero-order valence-electron chi connectivity index (χ0n) is 11.7. The summed E-state index contributed by atoms with van der Waals surface area (Å²) in [4.78, 5) is 14.6. The molecule has 0 aromatic heterocycles. The van der Waals surface area contributed by atoms with Crippen LogP contribution in [-0.2, 0) is 4.79 Å². The number of nitrogens with one attached hydrogen (secondary N) is 1. The van der Waals surface area contributed by atoms with Crippen LogP contribution in [0.4, 0.5) is 5.69 Å². The Balaban J connectivity index is 2.01. The van der Waals surface area contributed by atoms with E-state index in [9.17, 15) is 4.79 Å². The molecule has 3 nitrogen and oxygen atoms in total. The van der Waals surface area contributed by atoms with E-state index in [1.165, 1.54) is 16.4 Å². The lowest BCUT2D eigenvalue weighted by Crippen LogP contribution is -2.46. The van der Waals surface area contributed by atoms with E-state index in [2.05, 4.69) is 46.7 Å². The van der Waals surface area contributed by atoms with Crippen molar-refractivity contribution in [1.82, 2.24) is 4.90 Å². The SMILES string of the molecule is CC1CCC(C)N1C(C)C(=O)Nc1ccc(I)cc1. The smallest absolute Gasteiger partial charge is 0.241 e. The minimum Gasteiger partial charge on any atom is -0.325 e. The van der Waals surface area contributed by atoms with Gasteiger partial charge in [0.1, 0.15) is 0 Å². The van der Waals surface area contributed by atoms with Crippen LogP contribution in [0.1, 0.15) is 33.6 Å². The van der Waals surface area contributed by atoms with Gasteiger partial charge in [0.25, 0.3) is 0 Å². The zero-order valence-corrected chi connectivity index (χ0v) is 13.8. The molecule has 2 rings (SSSR count). The van der Waals surface area contributed by atoms with Gasteiger partial charge in [-0.2, -0.15) is 0 Å². The van der Waals surface area contributed by atoms with E-state index in [4.69, 9.17) is 0 Å². The highest BCUT2D eigenvalue weighted by atomic mass is 127. The summed E-state index contributed by atoms with van der Waals surface area (Å²) in [6.45, 7) is 6.41. The van der Waals surface area contributed by atoms with Crippen LogP contribution in [-0.4, -0.2) is 28.9 Å². The molecule has 3 atom stereocenters. The fourth-order valence-electron chi connectivity index (χ4n) is 2.89. The van der Waals surface area contributed by atoms with Crippen LogP contribution in [0.2, 0.25) is 0 Å². The molecule has 0 aliphatic carbocycles. The molecular weight excluding hydrogens is 351 g/mol. The summed E-state index contributed by atoms with van der Waals surface area (Å²) >= 11 is 2.26. The average Bonchev–Trinajstić information content (AvgIpc) is 2.71. The van der Waals surface area contributed by atoms with Crippen molar-refractivity contribution in [2.45, 2.75) is 51.7 Å². The minimum atomic E-state index is -0.0771. The van der Waals surface area contributed by atoms with E-state index < -0.39 is 0 Å². The van der Waals surface area contributed by atoms with E-state index in [1.54, 1.807) is 0 Å². The highest BCUT2D eigenvalue weighted by Crippen LogP contribution is 2.26. The Morgan fingerprint density at radius 2 is 1.79 bits per heavy atom. The first-order chi connectivity index (χ1) is 8.99. The number of amides is 1. The molecule has 1 aromatic rings. The van der Waals surface area contributed by atoms with Crippen molar-refractivity contribution in [1.29, 1.82) is 0 Å². The molecule has 0 spiro atoms. The molecule has 0 bridgehead atoms. The molecule has 1 aromatic carbocycles. The zero-order chi connectivity index (χ0) is 14.0. The number of nitrogens with zero attached hydrogens (tertiary/aromatic N) is 1. The molecule has 104 valence electrons. The molecule has 0 radical (unpaired) electrons. The Kier molecular flexibility index (Phi) is 4.84. The number of carbonyl (C=O) groups excluding carboxylic acids is 1. The van der Waals surface area contributed by atoms with Gasteiger partial charge in [0.2, 0.25) is 5.91 Å². The number of benzene rings is 1. The highest BCUT2D eigenvalue weighted by molar-refractivity contribution is 14.1. The van der Waals surface area contributed by atoms with Gasteiger partial charge in [-0.1, -0.05) is 0 Å². The first-order valence-electron chi connectivity index (χ1n) is 6.83. The van der Waals surface area contributed by atoms with Crippen molar-refractivity contribution in [2.24, 2.45) is 0 Å². The molecule has 1 amide bonds. The van der Waals surface area contributed by atoms with Crippen molar-refractivity contribution >= 4 is 34.2 Å². The molecule has 3 unspecified atom stereocenters. The summed E-state index contributed by atoms with van der Waals surface area (Å²) < 4.78 is 1.17. The van der Waals surface area contributed by atoms with E-state index in [0.29, 0.717) is 12.1 Å². The lowest BCUT2D eigenvalue weighted by molar-refractivity contribution is -0.121. The predicted octanol–water partition coefficient (Wildman–Crippen LogP) is 3.49. The van der Waals surface area contributed by atoms with Crippen molar-refractivity contribution in [2.75, 3.05) is 5.32 Å². The highest BCUT2D eigenvalue weighted by Gasteiger charge is 2.34. The summed E-state index contributed by atoms with van der Waals surface area (Å²) in [6.07, 6.45) is 2.37. The lowest BCUT2D eigenvalue weighted by atomic mass is 10.2. The third-order valence-electron chi connectivity index (χ3n) is 3.96. The van der Waals surface area contributed by atoms with Crippen LogP contribution in [0.25, 0.3) is 0 Å². The first kappa shape index (κ1) is 14.8. The Labute approximate surface area is 128 Å². The summed E-state index contributed by atoms with van der Waals surface area (Å²) in [5.74, 6) is 0.0850. The normalized spacial score (nSPS) is 25.3. The third-order valence-corrected chi connectivity index (χ3v) is 4.68. The van der Waals surface area contributed by atoms with Crippen molar-refractivity contribution < 1.29 is 4.79 Å². The molecule has 1 heterocycles. The number of halogens is 1. The van der Waals surface area contributed by atoms with E-state index in [0.717, 1.165) is 5.69 Å². The van der Waals surface area contributed by atoms with Gasteiger partial charge in [0.15, 0.2) is 0 Å². The van der Waals surface area contributed by atoms with Crippen LogP contribution in [0.3, 0.4) is 0 Å². The van der Waals surface area contributed by atoms with Gasteiger partial charge in [-0.15, -0.1) is 0 Å². The Morgan fingerprint density at radius 1 is 1.26 bits per heavy atom. The van der Waals surface area contributed by atoms with Crippen LogP contribution in [0.15, 0.2) is 24.3 Å². The van der Waals surface area contributed by atoms with Gasteiger partial charge in [-0.05, 0) is 80.5 Å². The maximum absolute atomic E-state index is 12.3. The number of hydrogen-bond donors (Lipinski definition) is 1. The maximum Gasteiger partial charge on any atom is 0.241 e. The lowest BCUT2D eigenvalue weighted by Gasteiger charge is -2.31. The Morgan fingerprint density at radius 3 is 2.32 bits per heavy atom. The quantitative estimate of drug-likeness (QED) is 0.824. The number of hydrogen-bond acceptors (Lipinski definition) is 2. The fourth-order valence-corrected chi connectivity index (χ4v) is 3.25. The summed E-state index contributed by atoms with van der Waals surface area (Å²) in [6, 6.07) is 8.81. The fraction of sp³-hybridized carbons (Fsp3) is 0.533. The predicted molar refractivity (Wildman–Crippen MR) is 87.2 cm³/mol. The number of likely N-dealkylation sites (tertiary alicyclic amines) is 1. The van der Waals surface area contributed by atoms with Crippen LogP contribution in [0, 0.1) is 3.57 Å². The number of anilines is 1. The summed E-state index contributed by atoms with van der Waals surface area (Å²) in [5.41, 5.74) is 0.872. The van der Waals surface area contributed by atoms with Crippen LogP contribution in [0.5, 0.6) is 0 Å². The molecular formula is C15H21IN2O. The standard InChI is InChI=1S/C15H21IN2O/c1-10-4-5-11(2)18(10)12(3)15(19)17-14-8-6-13(16)7-9-14/h6-12H,4-5H2,1-3H3,(H,17,19). The molecule has 1 aliphatic heterocycles. The largest absolute Gasteiger partial charge is 0.325 e. The monoisotopic (exact) mass is 372 g/mol. The van der Waals surface area contributed by atoms with Gasteiger partial charge in [0.05, 0.1) is 6.04 Å². The summed E-state index contributed by atoms with van der Waals surface area (Å²) in [5, 5.41) is 3.00. The second-order valence-electron chi connectivity index (χ2n) is 5.39. The second kappa shape index (κ2) is 6.22. The number of rotatable bonds is 3. The van der Waals surface area contributed by atoms with E-state index in [-0.39, 0.29) is 11.9 Å². The Hall–Kier alpha value is -0.620. The molecule has 19 heavy (non-hydrogen) atoms. The van der Waals surface area contributed by atoms with Crippen molar-refractivity contribution in [3.05, 3.63) is 27.8 Å². The van der Waals surface area contributed by atoms with Gasteiger partial charge < -0.3 is 5.32 Å². The molecule has 1 N–H and O–H groups in total. The molecule has 0 saturated carbocycles. The third kappa shape index (κ3) is 3.48. The van der Waals surface area contributed by atoms with E-state index >= 15 is 0 Å². The first-order valence-corrected chi connectivity index (χ1v) is 7.91. The van der Waals surface area contributed by atoms with E-state index in [1.807, 2.05) is 31.2 Å². The van der Waals surface area contributed by atoms with Gasteiger partial charge in [-0.3, -0.25) is 9.69 Å². The molecule has 1 aliphatic rings. The maximum atomic E-state index is 12.3. The van der Waals surface area contributed by atoms with Crippen LogP contribution < -0.4 is 5.32 Å². The van der Waals surface area contributed by atoms with Crippen molar-refractivity contribution in [3.63, 3.8) is 0 Å². The van der Waals surface area contributed by atoms with Gasteiger partial charge >= 0.3 is 0 Å². The topological polar surface area (TPSA) is 32.3 Å². The second-order valence-corrected chi connectivity index (χ2v) is 6.64. The molecule has 4 heteroatoms. The number of carbonyl (C=O) groups is 1. The average molecular weight is 372 g/mol. The molecule has 1 fully saturated rings. The minimum absolute atomic E-state index is 0.0771. The van der Waals surface area contributed by atoms with Crippen LogP contribution >= 0.6 is 22.6 Å². The van der Waals surface area contributed by atoms with Gasteiger partial charge in [-0.25, -0.2) is 0 Å². The van der Waals surface area contributed by atoms with Gasteiger partial charge in [0, 0.05) is 21.3 Å². The van der Waals surface area contributed by atoms with Crippen molar-refractivity contribution in [3.8, 4) is 0 Å². The Bertz CT molecular complexity index is 436. The summed E-state index contributed by atoms with van der Waals surface area (Å²) in [7, 11) is 0.